The van der Waals surface area contributed by atoms with Gasteiger partial charge in [-0.3, -0.25) is 9.59 Å². The summed E-state index contributed by atoms with van der Waals surface area (Å²) in [5.41, 5.74) is 2.22. The number of fused-ring (bicyclic) bond motifs is 1. The molecule has 1 amide bonds. The number of Topliss-reactive ketones (excluding diaryl/α,β-unsaturated/α-hetero) is 1. The number of carbonyl (C=O) groups is 2. The lowest BCUT2D eigenvalue weighted by Crippen LogP contribution is -2.26. The van der Waals surface area contributed by atoms with E-state index in [0.717, 1.165) is 11.1 Å². The molecule has 0 saturated heterocycles. The summed E-state index contributed by atoms with van der Waals surface area (Å²) < 4.78 is 14.2. The first kappa shape index (κ1) is 22.0. The largest absolute Gasteiger partial charge is 0.396 e. The zero-order chi connectivity index (χ0) is 20.7. The predicted octanol–water partition coefficient (Wildman–Crippen LogP) is 4.60. The molecule has 0 radical (unpaired) electrons. The fourth-order valence-corrected chi connectivity index (χ4v) is 4.24. The highest BCUT2D eigenvalue weighted by Crippen LogP contribution is 2.39. The molecular formula is C21H27FN2O3S. The highest BCUT2D eigenvalue weighted by Gasteiger charge is 2.29. The van der Waals surface area contributed by atoms with Gasteiger partial charge < -0.3 is 15.7 Å². The summed E-state index contributed by atoms with van der Waals surface area (Å²) in [5, 5.41) is 15.1. The van der Waals surface area contributed by atoms with Crippen LogP contribution in [0.4, 0.5) is 15.1 Å². The van der Waals surface area contributed by atoms with E-state index in [1.165, 1.54) is 17.4 Å². The molecule has 0 bridgehead atoms. The van der Waals surface area contributed by atoms with Gasteiger partial charge in [-0.2, -0.15) is 0 Å². The number of aryl methyl sites for hydroxylation is 1. The van der Waals surface area contributed by atoms with Crippen molar-refractivity contribution in [3.8, 4) is 0 Å². The Kier molecular flexibility index (Phi) is 8.14. The number of ketones is 1. The number of halogens is 1. The maximum Gasteiger partial charge on any atom is 0.254 e. The van der Waals surface area contributed by atoms with Crippen LogP contribution in [0.3, 0.4) is 0 Å². The van der Waals surface area contributed by atoms with Crippen LogP contribution in [0.5, 0.6) is 0 Å². The second kappa shape index (κ2) is 10.3. The maximum atomic E-state index is 14.2. The van der Waals surface area contributed by atoms with Crippen molar-refractivity contribution in [2.45, 2.75) is 46.5 Å². The molecule has 1 aliphatic rings. The first-order valence-corrected chi connectivity index (χ1v) is 10.4. The van der Waals surface area contributed by atoms with Crippen molar-refractivity contribution in [2.24, 2.45) is 0 Å². The van der Waals surface area contributed by atoms with Crippen LogP contribution in [0.2, 0.25) is 0 Å². The summed E-state index contributed by atoms with van der Waals surface area (Å²) in [7, 11) is 0. The Balaban J connectivity index is 0.00000136. The van der Waals surface area contributed by atoms with E-state index in [9.17, 15) is 14.0 Å². The van der Waals surface area contributed by atoms with E-state index in [1.54, 1.807) is 19.1 Å². The van der Waals surface area contributed by atoms with Crippen LogP contribution in [-0.4, -0.2) is 29.9 Å². The summed E-state index contributed by atoms with van der Waals surface area (Å²) in [6, 6.07) is 4.83. The summed E-state index contributed by atoms with van der Waals surface area (Å²) in [5.74, 6) is -0.687. The van der Waals surface area contributed by atoms with Crippen LogP contribution in [-0.2, 0) is 6.42 Å². The van der Waals surface area contributed by atoms with Gasteiger partial charge in [-0.05, 0) is 49.4 Å². The quantitative estimate of drug-likeness (QED) is 0.613. The number of anilines is 2. The molecule has 1 aromatic carbocycles. The van der Waals surface area contributed by atoms with Crippen molar-refractivity contribution in [3.63, 3.8) is 0 Å². The summed E-state index contributed by atoms with van der Waals surface area (Å²) in [4.78, 5) is 25.5. The molecule has 0 unspecified atom stereocenters. The van der Waals surface area contributed by atoms with Crippen molar-refractivity contribution in [3.05, 3.63) is 45.6 Å². The predicted molar refractivity (Wildman–Crippen MR) is 111 cm³/mol. The number of aliphatic hydroxyl groups is 1. The van der Waals surface area contributed by atoms with Crippen molar-refractivity contribution in [1.29, 1.82) is 0 Å². The van der Waals surface area contributed by atoms with E-state index < -0.39 is 5.82 Å². The molecule has 0 saturated carbocycles. The topological polar surface area (TPSA) is 78.4 Å². The number of carbonyl (C=O) groups excluding carboxylic acids is 2. The molecule has 1 heterocycles. The van der Waals surface area contributed by atoms with Gasteiger partial charge in [0.05, 0.1) is 16.1 Å². The molecule has 0 atom stereocenters. The van der Waals surface area contributed by atoms with Crippen molar-refractivity contribution < 1.29 is 19.1 Å². The molecule has 7 heteroatoms. The Morgan fingerprint density at radius 1 is 1.29 bits per heavy atom. The molecule has 0 fully saturated rings. The third kappa shape index (κ3) is 4.97. The van der Waals surface area contributed by atoms with Crippen LogP contribution in [0, 0.1) is 12.7 Å². The first-order valence-electron chi connectivity index (χ1n) is 9.62. The Labute approximate surface area is 169 Å². The normalized spacial score (nSPS) is 12.7. The molecule has 0 spiro atoms. The van der Waals surface area contributed by atoms with E-state index in [2.05, 4.69) is 10.6 Å². The Hall–Kier alpha value is -2.25. The zero-order valence-corrected chi connectivity index (χ0v) is 17.3. The third-order valence-corrected chi connectivity index (χ3v) is 5.50. The summed E-state index contributed by atoms with van der Waals surface area (Å²) >= 11 is 1.21. The second-order valence-corrected chi connectivity index (χ2v) is 7.35. The minimum absolute atomic E-state index is 0.0137. The minimum Gasteiger partial charge on any atom is -0.396 e. The van der Waals surface area contributed by atoms with Gasteiger partial charge in [0.2, 0.25) is 0 Å². The molecule has 1 aromatic heterocycles. The van der Waals surface area contributed by atoms with Crippen LogP contribution < -0.4 is 10.6 Å². The lowest BCUT2D eigenvalue weighted by molar-refractivity contribution is 0.0951. The van der Waals surface area contributed by atoms with Crippen LogP contribution in [0.25, 0.3) is 0 Å². The average Bonchev–Trinajstić information content (AvgIpc) is 3.05. The van der Waals surface area contributed by atoms with Gasteiger partial charge in [0.25, 0.3) is 5.91 Å². The fraction of sp³-hybridized carbons (Fsp3) is 0.429. The average molecular weight is 407 g/mol. The molecular weight excluding hydrogens is 379 g/mol. The van der Waals surface area contributed by atoms with E-state index in [4.69, 9.17) is 5.11 Å². The molecule has 152 valence electrons. The van der Waals surface area contributed by atoms with Gasteiger partial charge in [0, 0.05) is 19.6 Å². The van der Waals surface area contributed by atoms with Gasteiger partial charge >= 0.3 is 0 Å². The minimum atomic E-state index is -0.408. The fourth-order valence-electron chi connectivity index (χ4n) is 3.01. The lowest BCUT2D eigenvalue weighted by atomic mass is 9.94. The standard InChI is InChI=1S/C19H21FN2O3S.C2H6/c1-11-6-7-14(13(20)10-11)22-19-16(18(25)21-8-3-9-23)12-4-2-5-15(24)17(12)26-19;1-2/h6-7,10,22-23H,2-5,8-9H2,1H3,(H,21,25);1-2H3. The second-order valence-electron chi connectivity index (χ2n) is 6.33. The number of amides is 1. The van der Waals surface area contributed by atoms with Crippen LogP contribution >= 0.6 is 11.3 Å². The maximum absolute atomic E-state index is 14.2. The Morgan fingerprint density at radius 3 is 2.71 bits per heavy atom. The van der Waals surface area contributed by atoms with E-state index in [-0.39, 0.29) is 24.0 Å². The highest BCUT2D eigenvalue weighted by atomic mass is 32.1. The lowest BCUT2D eigenvalue weighted by Gasteiger charge is -2.13. The van der Waals surface area contributed by atoms with E-state index >= 15 is 0 Å². The SMILES string of the molecule is CC.Cc1ccc(Nc2sc3c(c2C(=O)NCCCO)CCCC3=O)c(F)c1. The van der Waals surface area contributed by atoms with Crippen molar-refractivity contribution in [1.82, 2.24) is 5.32 Å². The molecule has 28 heavy (non-hydrogen) atoms. The van der Waals surface area contributed by atoms with Crippen molar-refractivity contribution >= 4 is 33.7 Å². The number of rotatable bonds is 6. The van der Waals surface area contributed by atoms with Gasteiger partial charge in [0.1, 0.15) is 10.8 Å². The number of aliphatic hydroxyl groups excluding tert-OH is 1. The first-order chi connectivity index (χ1) is 13.5. The summed E-state index contributed by atoms with van der Waals surface area (Å²) in [6.07, 6.45) is 2.28. The van der Waals surface area contributed by atoms with Crippen LogP contribution in [0.15, 0.2) is 18.2 Å². The van der Waals surface area contributed by atoms with Gasteiger partial charge in [-0.25, -0.2) is 4.39 Å². The van der Waals surface area contributed by atoms with Crippen LogP contribution in [0.1, 0.15) is 64.3 Å². The zero-order valence-electron chi connectivity index (χ0n) is 16.5. The summed E-state index contributed by atoms with van der Waals surface area (Å²) in [6.45, 7) is 6.13. The number of benzene rings is 1. The highest BCUT2D eigenvalue weighted by molar-refractivity contribution is 7.18. The molecule has 5 nitrogen and oxygen atoms in total. The molecule has 1 aliphatic carbocycles. The Morgan fingerprint density at radius 2 is 2.04 bits per heavy atom. The molecule has 3 rings (SSSR count). The third-order valence-electron chi connectivity index (χ3n) is 4.31. The van der Waals surface area contributed by atoms with Gasteiger partial charge in [-0.1, -0.05) is 19.9 Å². The Bertz CT molecular complexity index is 848. The number of thiophene rings is 1. The van der Waals surface area contributed by atoms with E-state index in [1.807, 2.05) is 13.8 Å². The number of hydrogen-bond donors (Lipinski definition) is 3. The molecule has 0 aliphatic heterocycles. The van der Waals surface area contributed by atoms with Gasteiger partial charge in [0.15, 0.2) is 5.78 Å². The van der Waals surface area contributed by atoms with E-state index in [0.29, 0.717) is 47.7 Å². The smallest absolute Gasteiger partial charge is 0.254 e. The van der Waals surface area contributed by atoms with Gasteiger partial charge in [-0.15, -0.1) is 11.3 Å². The monoisotopic (exact) mass is 406 g/mol. The molecule has 2 aromatic rings. The van der Waals surface area contributed by atoms with Crippen molar-refractivity contribution in [2.75, 3.05) is 18.5 Å². The molecule has 3 N–H and O–H groups in total. The number of hydrogen-bond acceptors (Lipinski definition) is 5. The number of nitrogens with one attached hydrogen (secondary N) is 2.